The molecule has 4 aromatic rings. The average molecular weight is 495 g/mol. The summed E-state index contributed by atoms with van der Waals surface area (Å²) in [6.45, 7) is 0. The smallest absolute Gasteiger partial charge is 0.307 e. The Kier molecular flexibility index (Phi) is 6.13. The number of aliphatic carboxylic acids is 1. The van der Waals surface area contributed by atoms with E-state index in [2.05, 4.69) is 26.2 Å². The number of hydrogen-bond donors (Lipinski definition) is 2. The van der Waals surface area contributed by atoms with E-state index in [4.69, 9.17) is 9.52 Å². The number of nitrogens with zero attached hydrogens (tertiary/aromatic N) is 1. The van der Waals surface area contributed by atoms with Gasteiger partial charge in [-0.15, -0.1) is 0 Å². The highest BCUT2D eigenvalue weighted by molar-refractivity contribution is 9.10. The van der Waals surface area contributed by atoms with Gasteiger partial charge in [0.05, 0.1) is 6.42 Å². The molecule has 0 aliphatic heterocycles. The summed E-state index contributed by atoms with van der Waals surface area (Å²) in [5, 5.41) is 11.6. The number of oxazole rings is 1. The molecule has 1 aromatic heterocycles. The van der Waals surface area contributed by atoms with E-state index in [9.17, 15) is 14.0 Å². The van der Waals surface area contributed by atoms with Crippen molar-refractivity contribution in [2.24, 2.45) is 0 Å². The fourth-order valence-corrected chi connectivity index (χ4v) is 3.32. The van der Waals surface area contributed by atoms with Gasteiger partial charge in [0.2, 0.25) is 11.8 Å². The molecule has 0 aliphatic carbocycles. The Morgan fingerprint density at radius 1 is 1.09 bits per heavy atom. The van der Waals surface area contributed by atoms with Crippen molar-refractivity contribution < 1.29 is 23.5 Å². The predicted octanol–water partition coefficient (Wildman–Crippen LogP) is 5.68. The molecule has 0 atom stereocenters. The molecule has 4 rings (SSSR count). The molecule has 0 radical (unpaired) electrons. The predicted molar refractivity (Wildman–Crippen MR) is 123 cm³/mol. The van der Waals surface area contributed by atoms with Crippen LogP contribution in [0.4, 0.5) is 10.1 Å². The summed E-state index contributed by atoms with van der Waals surface area (Å²) in [5.41, 5.74) is 2.85. The first kappa shape index (κ1) is 21.5. The number of amides is 1. The van der Waals surface area contributed by atoms with Gasteiger partial charge in [0.1, 0.15) is 11.3 Å². The van der Waals surface area contributed by atoms with Crippen LogP contribution in [-0.2, 0) is 16.0 Å². The zero-order valence-electron chi connectivity index (χ0n) is 16.5. The number of carbonyl (C=O) groups is 2. The first-order chi connectivity index (χ1) is 15.4. The van der Waals surface area contributed by atoms with E-state index in [0.717, 1.165) is 4.47 Å². The van der Waals surface area contributed by atoms with Crippen molar-refractivity contribution in [3.8, 4) is 11.5 Å². The minimum Gasteiger partial charge on any atom is -0.481 e. The molecule has 32 heavy (non-hydrogen) atoms. The fraction of sp³-hybridized carbons (Fsp3) is 0.0417. The van der Waals surface area contributed by atoms with Crippen LogP contribution in [-0.4, -0.2) is 22.0 Å². The summed E-state index contributed by atoms with van der Waals surface area (Å²) in [7, 11) is 0. The Bertz CT molecular complexity index is 1350. The van der Waals surface area contributed by atoms with Gasteiger partial charge in [-0.3, -0.25) is 9.59 Å². The number of halogens is 2. The summed E-state index contributed by atoms with van der Waals surface area (Å²) in [4.78, 5) is 27.3. The summed E-state index contributed by atoms with van der Waals surface area (Å²) >= 11 is 3.32. The van der Waals surface area contributed by atoms with Crippen molar-refractivity contribution in [2.75, 3.05) is 5.32 Å². The standard InChI is InChI=1S/C24H16BrFN2O4/c25-17-5-7-18(8-6-17)27-22(29)10-4-15-2-3-16(13-19(15)26)24-28-20-11-14(12-23(30)31)1-9-21(20)32-24/h1-11,13H,12H2,(H,27,29)(H,30,31). The van der Waals surface area contributed by atoms with Gasteiger partial charge in [-0.25, -0.2) is 9.37 Å². The van der Waals surface area contributed by atoms with Crippen molar-refractivity contribution in [1.82, 2.24) is 4.98 Å². The maximum atomic E-state index is 14.6. The third-order valence-corrected chi connectivity index (χ3v) is 5.11. The van der Waals surface area contributed by atoms with E-state index in [-0.39, 0.29) is 23.8 Å². The lowest BCUT2D eigenvalue weighted by Gasteiger charge is -2.02. The molecule has 6 nitrogen and oxygen atoms in total. The Hall–Kier alpha value is -3.78. The average Bonchev–Trinajstić information content (AvgIpc) is 3.17. The fourth-order valence-electron chi connectivity index (χ4n) is 3.06. The first-order valence-electron chi connectivity index (χ1n) is 9.53. The van der Waals surface area contributed by atoms with E-state index in [1.807, 2.05) is 0 Å². The number of anilines is 1. The molecule has 0 unspecified atom stereocenters. The molecule has 0 spiro atoms. The van der Waals surface area contributed by atoms with E-state index in [1.165, 1.54) is 24.3 Å². The van der Waals surface area contributed by atoms with Crippen molar-refractivity contribution in [3.63, 3.8) is 0 Å². The van der Waals surface area contributed by atoms with Gasteiger partial charge in [0.15, 0.2) is 5.58 Å². The van der Waals surface area contributed by atoms with Crippen molar-refractivity contribution in [1.29, 1.82) is 0 Å². The second kappa shape index (κ2) is 9.15. The van der Waals surface area contributed by atoms with Gasteiger partial charge in [0.25, 0.3) is 0 Å². The minimum atomic E-state index is -0.940. The van der Waals surface area contributed by atoms with Crippen LogP contribution < -0.4 is 5.32 Å². The third-order valence-electron chi connectivity index (χ3n) is 4.58. The number of fused-ring (bicyclic) bond motifs is 1. The maximum absolute atomic E-state index is 14.6. The van der Waals surface area contributed by atoms with Crippen LogP contribution in [0.5, 0.6) is 0 Å². The van der Waals surface area contributed by atoms with E-state index in [1.54, 1.807) is 48.5 Å². The Morgan fingerprint density at radius 3 is 2.59 bits per heavy atom. The highest BCUT2D eigenvalue weighted by atomic mass is 79.9. The molecule has 1 amide bonds. The Balaban J connectivity index is 1.50. The van der Waals surface area contributed by atoms with Gasteiger partial charge in [-0.05, 0) is 60.2 Å². The Labute approximate surface area is 190 Å². The summed E-state index contributed by atoms with van der Waals surface area (Å²) in [6, 6.07) is 16.5. The van der Waals surface area contributed by atoms with Gasteiger partial charge < -0.3 is 14.8 Å². The van der Waals surface area contributed by atoms with Gasteiger partial charge in [0, 0.05) is 27.4 Å². The number of rotatable bonds is 6. The number of hydrogen-bond acceptors (Lipinski definition) is 4. The monoisotopic (exact) mass is 494 g/mol. The number of carboxylic acid groups (broad SMARTS) is 1. The lowest BCUT2D eigenvalue weighted by molar-refractivity contribution is -0.136. The normalized spacial score (nSPS) is 11.2. The van der Waals surface area contributed by atoms with E-state index < -0.39 is 11.8 Å². The molecular weight excluding hydrogens is 479 g/mol. The van der Waals surface area contributed by atoms with Gasteiger partial charge >= 0.3 is 5.97 Å². The molecule has 160 valence electrons. The molecule has 2 N–H and O–H groups in total. The minimum absolute atomic E-state index is 0.122. The van der Waals surface area contributed by atoms with Gasteiger partial charge in [-0.1, -0.05) is 28.1 Å². The molecule has 0 saturated carbocycles. The van der Waals surface area contributed by atoms with Crippen LogP contribution in [0.1, 0.15) is 11.1 Å². The molecule has 0 aliphatic rings. The summed E-state index contributed by atoms with van der Waals surface area (Å²) in [6.07, 6.45) is 2.52. The second-order valence-corrected chi connectivity index (χ2v) is 7.87. The molecule has 3 aromatic carbocycles. The lowest BCUT2D eigenvalue weighted by Crippen LogP contribution is -2.07. The Morgan fingerprint density at radius 2 is 1.88 bits per heavy atom. The van der Waals surface area contributed by atoms with Crippen LogP contribution in [0.15, 0.2) is 75.6 Å². The topological polar surface area (TPSA) is 92.4 Å². The molecule has 0 fully saturated rings. The van der Waals surface area contributed by atoms with Crippen LogP contribution in [0.2, 0.25) is 0 Å². The SMILES string of the molecule is O=C(O)Cc1ccc2oc(-c3ccc(C=CC(=O)Nc4ccc(Br)cc4)c(F)c3)nc2c1. The van der Waals surface area contributed by atoms with Crippen molar-refractivity contribution in [3.05, 3.63) is 88.2 Å². The number of carbonyl (C=O) groups excluding carboxylic acids is 1. The highest BCUT2D eigenvalue weighted by Crippen LogP contribution is 2.27. The molecule has 0 saturated heterocycles. The van der Waals surface area contributed by atoms with Crippen molar-refractivity contribution in [2.45, 2.75) is 6.42 Å². The number of nitrogens with one attached hydrogen (secondary N) is 1. The zero-order chi connectivity index (χ0) is 22.7. The first-order valence-corrected chi connectivity index (χ1v) is 10.3. The molecular formula is C24H16BrFN2O4. The largest absolute Gasteiger partial charge is 0.481 e. The van der Waals surface area contributed by atoms with Crippen LogP contribution >= 0.6 is 15.9 Å². The summed E-state index contributed by atoms with van der Waals surface area (Å²) in [5.74, 6) is -1.64. The zero-order valence-corrected chi connectivity index (χ0v) is 18.1. The van der Waals surface area contributed by atoms with Crippen LogP contribution in [0, 0.1) is 5.82 Å². The molecule has 1 heterocycles. The number of benzene rings is 3. The third kappa shape index (κ3) is 5.09. The van der Waals surface area contributed by atoms with E-state index >= 15 is 0 Å². The van der Waals surface area contributed by atoms with Gasteiger partial charge in [-0.2, -0.15) is 0 Å². The molecule has 8 heteroatoms. The molecule has 0 bridgehead atoms. The lowest BCUT2D eigenvalue weighted by atomic mass is 10.1. The quantitative estimate of drug-likeness (QED) is 0.336. The number of carboxylic acids is 1. The van der Waals surface area contributed by atoms with Crippen LogP contribution in [0.25, 0.3) is 28.6 Å². The highest BCUT2D eigenvalue weighted by Gasteiger charge is 2.12. The summed E-state index contributed by atoms with van der Waals surface area (Å²) < 4.78 is 21.2. The second-order valence-electron chi connectivity index (χ2n) is 6.96. The van der Waals surface area contributed by atoms with E-state index in [0.29, 0.717) is 27.9 Å². The number of aromatic nitrogens is 1. The van der Waals surface area contributed by atoms with Crippen LogP contribution in [0.3, 0.4) is 0 Å². The maximum Gasteiger partial charge on any atom is 0.307 e. The van der Waals surface area contributed by atoms with Crippen molar-refractivity contribution >= 4 is 50.7 Å².